The zero-order valence-electron chi connectivity index (χ0n) is 7.75. The third kappa shape index (κ3) is 8.81. The molecule has 1 amide bonds. The average Bonchev–Trinajstić information content (AvgIpc) is 1.96. The van der Waals surface area contributed by atoms with Gasteiger partial charge in [0, 0.05) is 18.9 Å². The highest BCUT2D eigenvalue weighted by Gasteiger charge is 2.04. The van der Waals surface area contributed by atoms with Crippen molar-refractivity contribution in [2.75, 3.05) is 6.54 Å². The van der Waals surface area contributed by atoms with Crippen LogP contribution in [-0.4, -0.2) is 29.6 Å². The summed E-state index contributed by atoms with van der Waals surface area (Å²) < 4.78 is 0. The summed E-state index contributed by atoms with van der Waals surface area (Å²) in [6.45, 7) is 2.44. The van der Waals surface area contributed by atoms with Crippen LogP contribution in [0.2, 0.25) is 0 Å². The SMILES string of the molecule is CC(CC(N)=O)NCCCC(=O)O. The number of aliphatic carboxylic acids is 1. The van der Waals surface area contributed by atoms with E-state index in [0.29, 0.717) is 13.0 Å². The maximum absolute atomic E-state index is 10.4. The largest absolute Gasteiger partial charge is 0.481 e. The number of carboxylic acid groups (broad SMARTS) is 1. The van der Waals surface area contributed by atoms with Gasteiger partial charge >= 0.3 is 5.97 Å². The molecule has 1 unspecified atom stereocenters. The molecule has 4 N–H and O–H groups in total. The molecule has 0 saturated heterocycles. The molecule has 13 heavy (non-hydrogen) atoms. The van der Waals surface area contributed by atoms with Gasteiger partial charge in [-0.25, -0.2) is 0 Å². The molecule has 76 valence electrons. The molecule has 0 aromatic carbocycles. The van der Waals surface area contributed by atoms with Crippen LogP contribution in [0, 0.1) is 0 Å². The molecule has 0 heterocycles. The number of nitrogens with one attached hydrogen (secondary N) is 1. The molecule has 1 atom stereocenters. The van der Waals surface area contributed by atoms with Crippen molar-refractivity contribution in [2.45, 2.75) is 32.2 Å². The lowest BCUT2D eigenvalue weighted by Gasteiger charge is -2.10. The molecular weight excluding hydrogens is 172 g/mol. The van der Waals surface area contributed by atoms with Gasteiger partial charge in [0.15, 0.2) is 0 Å². The molecule has 0 aromatic heterocycles. The number of amides is 1. The van der Waals surface area contributed by atoms with Crippen molar-refractivity contribution in [1.29, 1.82) is 0 Å². The number of primary amides is 1. The Bertz CT molecular complexity index is 182. The van der Waals surface area contributed by atoms with Gasteiger partial charge in [0.1, 0.15) is 0 Å². The topological polar surface area (TPSA) is 92.4 Å². The van der Waals surface area contributed by atoms with Crippen molar-refractivity contribution in [1.82, 2.24) is 5.32 Å². The second-order valence-electron chi connectivity index (χ2n) is 3.02. The maximum Gasteiger partial charge on any atom is 0.303 e. The van der Waals surface area contributed by atoms with E-state index >= 15 is 0 Å². The fourth-order valence-corrected chi connectivity index (χ4v) is 0.962. The number of carbonyl (C=O) groups excluding carboxylic acids is 1. The molecular formula is C8H16N2O3. The van der Waals surface area contributed by atoms with Crippen LogP contribution < -0.4 is 11.1 Å². The summed E-state index contributed by atoms with van der Waals surface area (Å²) in [6.07, 6.45) is 1.00. The van der Waals surface area contributed by atoms with Crippen molar-refractivity contribution >= 4 is 11.9 Å². The van der Waals surface area contributed by atoms with E-state index in [2.05, 4.69) is 5.32 Å². The van der Waals surface area contributed by atoms with Gasteiger partial charge in [0.25, 0.3) is 0 Å². The molecule has 0 fully saturated rings. The lowest BCUT2D eigenvalue weighted by atomic mass is 10.2. The van der Waals surface area contributed by atoms with E-state index < -0.39 is 5.97 Å². The summed E-state index contributed by atoms with van der Waals surface area (Å²) in [5.41, 5.74) is 4.97. The Hall–Kier alpha value is -1.10. The van der Waals surface area contributed by atoms with Gasteiger partial charge in [-0.05, 0) is 19.9 Å². The average molecular weight is 188 g/mol. The number of carboxylic acids is 1. The second-order valence-corrected chi connectivity index (χ2v) is 3.02. The third-order valence-electron chi connectivity index (χ3n) is 1.57. The second kappa shape index (κ2) is 6.42. The van der Waals surface area contributed by atoms with Gasteiger partial charge in [-0.3, -0.25) is 9.59 Å². The van der Waals surface area contributed by atoms with E-state index in [1.807, 2.05) is 6.92 Å². The Kier molecular flexibility index (Phi) is 5.88. The van der Waals surface area contributed by atoms with E-state index in [1.165, 1.54) is 0 Å². The van der Waals surface area contributed by atoms with Crippen LogP contribution in [0.3, 0.4) is 0 Å². The van der Waals surface area contributed by atoms with Crippen LogP contribution in [0.25, 0.3) is 0 Å². The van der Waals surface area contributed by atoms with Crippen molar-refractivity contribution in [3.8, 4) is 0 Å². The highest BCUT2D eigenvalue weighted by Crippen LogP contribution is 1.91. The number of hydrogen-bond acceptors (Lipinski definition) is 3. The smallest absolute Gasteiger partial charge is 0.303 e. The van der Waals surface area contributed by atoms with Gasteiger partial charge in [0.05, 0.1) is 0 Å². The summed E-state index contributed by atoms with van der Waals surface area (Å²) in [5, 5.41) is 11.3. The van der Waals surface area contributed by atoms with Gasteiger partial charge in [-0.2, -0.15) is 0 Å². The molecule has 0 aliphatic carbocycles. The minimum absolute atomic E-state index is 0.0197. The summed E-state index contributed by atoms with van der Waals surface area (Å²) >= 11 is 0. The van der Waals surface area contributed by atoms with Crippen LogP contribution >= 0.6 is 0 Å². The third-order valence-corrected chi connectivity index (χ3v) is 1.57. The molecule has 5 nitrogen and oxygen atoms in total. The molecule has 0 spiro atoms. The minimum atomic E-state index is -0.802. The standard InChI is InChI=1S/C8H16N2O3/c1-6(5-7(9)11)10-4-2-3-8(12)13/h6,10H,2-5H2,1H3,(H2,9,11)(H,12,13). The Labute approximate surface area is 77.3 Å². The first kappa shape index (κ1) is 11.9. The van der Waals surface area contributed by atoms with E-state index in [9.17, 15) is 9.59 Å². The monoisotopic (exact) mass is 188 g/mol. The predicted molar refractivity (Wildman–Crippen MR) is 48.1 cm³/mol. The van der Waals surface area contributed by atoms with Crippen LogP contribution in [-0.2, 0) is 9.59 Å². The van der Waals surface area contributed by atoms with E-state index in [0.717, 1.165) is 0 Å². The van der Waals surface area contributed by atoms with Crippen molar-refractivity contribution < 1.29 is 14.7 Å². The van der Waals surface area contributed by atoms with Gasteiger partial charge in [-0.15, -0.1) is 0 Å². The molecule has 0 radical (unpaired) electrons. The number of hydrogen-bond donors (Lipinski definition) is 3. The van der Waals surface area contributed by atoms with Crippen LogP contribution in [0.5, 0.6) is 0 Å². The fourth-order valence-electron chi connectivity index (χ4n) is 0.962. The van der Waals surface area contributed by atoms with Crippen molar-refractivity contribution in [3.63, 3.8) is 0 Å². The van der Waals surface area contributed by atoms with Gasteiger partial charge < -0.3 is 16.2 Å². The molecule has 0 bridgehead atoms. The molecule has 0 saturated carbocycles. The number of carbonyl (C=O) groups is 2. The fraction of sp³-hybridized carbons (Fsp3) is 0.750. The summed E-state index contributed by atoms with van der Waals surface area (Å²) in [4.78, 5) is 20.6. The van der Waals surface area contributed by atoms with Gasteiger partial charge in [0.2, 0.25) is 5.91 Å². The molecule has 0 aliphatic heterocycles. The van der Waals surface area contributed by atoms with E-state index in [-0.39, 0.29) is 24.8 Å². The zero-order valence-corrected chi connectivity index (χ0v) is 7.75. The maximum atomic E-state index is 10.4. The molecule has 0 aromatic rings. The van der Waals surface area contributed by atoms with E-state index in [1.54, 1.807) is 0 Å². The first-order valence-electron chi connectivity index (χ1n) is 4.26. The Morgan fingerprint density at radius 1 is 1.54 bits per heavy atom. The lowest BCUT2D eigenvalue weighted by Crippen LogP contribution is -2.31. The summed E-state index contributed by atoms with van der Waals surface area (Å²) in [7, 11) is 0. The van der Waals surface area contributed by atoms with Crippen LogP contribution in [0.1, 0.15) is 26.2 Å². The van der Waals surface area contributed by atoms with Crippen LogP contribution in [0.15, 0.2) is 0 Å². The number of nitrogens with two attached hydrogens (primary N) is 1. The first-order valence-corrected chi connectivity index (χ1v) is 4.26. The van der Waals surface area contributed by atoms with Crippen LogP contribution in [0.4, 0.5) is 0 Å². The Morgan fingerprint density at radius 3 is 2.62 bits per heavy atom. The summed E-state index contributed by atoms with van der Waals surface area (Å²) in [6, 6.07) is 0.0197. The zero-order chi connectivity index (χ0) is 10.3. The summed E-state index contributed by atoms with van der Waals surface area (Å²) in [5.74, 6) is -1.15. The lowest BCUT2D eigenvalue weighted by molar-refractivity contribution is -0.137. The minimum Gasteiger partial charge on any atom is -0.481 e. The highest BCUT2D eigenvalue weighted by molar-refractivity contribution is 5.74. The molecule has 0 aliphatic rings. The van der Waals surface area contributed by atoms with Gasteiger partial charge in [-0.1, -0.05) is 0 Å². The quantitative estimate of drug-likeness (QED) is 0.478. The van der Waals surface area contributed by atoms with E-state index in [4.69, 9.17) is 10.8 Å². The Balaban J connectivity index is 3.31. The van der Waals surface area contributed by atoms with Crippen molar-refractivity contribution in [2.24, 2.45) is 5.73 Å². The molecule has 0 rings (SSSR count). The molecule has 5 heteroatoms. The predicted octanol–water partition coefficient (Wildman–Crippen LogP) is -0.295. The highest BCUT2D eigenvalue weighted by atomic mass is 16.4. The normalized spacial score (nSPS) is 12.4. The Morgan fingerprint density at radius 2 is 2.15 bits per heavy atom. The number of rotatable bonds is 7. The van der Waals surface area contributed by atoms with Crippen molar-refractivity contribution in [3.05, 3.63) is 0 Å². The first-order chi connectivity index (χ1) is 6.02.